The number of hydrogen-bond donors (Lipinski definition) is 3. The van der Waals surface area contributed by atoms with E-state index in [0.29, 0.717) is 0 Å². The molecule has 0 saturated heterocycles. The highest BCUT2D eigenvalue weighted by Gasteiger charge is 2.33. The minimum absolute atomic E-state index is 0.0102. The van der Waals surface area contributed by atoms with Gasteiger partial charge >= 0.3 is 0 Å². The summed E-state index contributed by atoms with van der Waals surface area (Å²) in [5.41, 5.74) is 20.0. The molecule has 0 fully saturated rings. The monoisotopic (exact) mass is 847 g/mol. The standard InChI is InChI=1S/C63H49N3/c1-7-21-44(22-8-1)45-37-39-51(40-38-45)63-64-56(46-23-9-2-10-24-46)43-57(65-63)54-35-19-33-52(41-54)53-34-20-36-55(42-53)58-59(47-25-11-3-12-26-47)61(49-29-15-5-16-30-49)66-62(50-31-17-6-18-32-50)60(58)48-27-13-4-14-28-48/h1-43,56,61,63-66H. The molecule has 0 spiro atoms. The highest BCUT2D eigenvalue weighted by molar-refractivity contribution is 6.24. The molecule has 9 aromatic rings. The van der Waals surface area contributed by atoms with E-state index in [4.69, 9.17) is 0 Å². The molecule has 0 saturated carbocycles. The lowest BCUT2D eigenvalue weighted by Crippen LogP contribution is -2.39. The summed E-state index contributed by atoms with van der Waals surface area (Å²) in [4.78, 5) is 0. The van der Waals surface area contributed by atoms with E-state index in [9.17, 15) is 0 Å². The third kappa shape index (κ3) is 8.32. The van der Waals surface area contributed by atoms with E-state index in [1.807, 2.05) is 0 Å². The van der Waals surface area contributed by atoms with Gasteiger partial charge in [0.15, 0.2) is 0 Å². The lowest BCUT2D eigenvalue weighted by atomic mass is 9.76. The Morgan fingerprint density at radius 1 is 0.288 bits per heavy atom. The van der Waals surface area contributed by atoms with Crippen molar-refractivity contribution in [3.63, 3.8) is 0 Å². The van der Waals surface area contributed by atoms with Crippen molar-refractivity contribution in [3.05, 3.63) is 305 Å². The predicted molar refractivity (Wildman–Crippen MR) is 275 cm³/mol. The fraction of sp³-hybridized carbons (Fsp3) is 0.0476. The van der Waals surface area contributed by atoms with E-state index in [2.05, 4.69) is 277 Å². The molecule has 0 amide bonds. The molecular weight excluding hydrogens is 799 g/mol. The van der Waals surface area contributed by atoms with Crippen molar-refractivity contribution in [2.75, 3.05) is 0 Å². The lowest BCUT2D eigenvalue weighted by Gasteiger charge is -2.36. The quantitative estimate of drug-likeness (QED) is 0.128. The number of allylic oxidation sites excluding steroid dienone is 2. The average molecular weight is 848 g/mol. The van der Waals surface area contributed by atoms with Crippen LogP contribution in [0, 0.1) is 0 Å². The Labute approximate surface area is 388 Å². The van der Waals surface area contributed by atoms with Gasteiger partial charge in [-0.25, -0.2) is 0 Å². The Morgan fingerprint density at radius 2 is 0.742 bits per heavy atom. The third-order valence-corrected chi connectivity index (χ3v) is 12.8. The first-order chi connectivity index (χ1) is 32.7. The maximum absolute atomic E-state index is 4.12. The van der Waals surface area contributed by atoms with Gasteiger partial charge in [-0.3, -0.25) is 5.32 Å². The van der Waals surface area contributed by atoms with Crippen molar-refractivity contribution in [1.29, 1.82) is 0 Å². The van der Waals surface area contributed by atoms with Gasteiger partial charge < -0.3 is 10.6 Å². The summed E-state index contributed by atoms with van der Waals surface area (Å²) in [6.45, 7) is 0. The van der Waals surface area contributed by atoms with Crippen molar-refractivity contribution in [1.82, 2.24) is 16.0 Å². The molecule has 0 radical (unpaired) electrons. The number of hydrogen-bond acceptors (Lipinski definition) is 3. The van der Waals surface area contributed by atoms with Crippen LogP contribution in [-0.2, 0) is 0 Å². The van der Waals surface area contributed by atoms with E-state index < -0.39 is 0 Å². The zero-order valence-electron chi connectivity index (χ0n) is 36.6. The van der Waals surface area contributed by atoms with Crippen LogP contribution in [0.4, 0.5) is 0 Å². The Bertz CT molecular complexity index is 3180. The van der Waals surface area contributed by atoms with E-state index in [1.165, 1.54) is 50.1 Å². The maximum Gasteiger partial charge on any atom is 0.104 e. The number of rotatable bonds is 10. The van der Waals surface area contributed by atoms with Crippen LogP contribution in [0.3, 0.4) is 0 Å². The molecule has 3 unspecified atom stereocenters. The second kappa shape index (κ2) is 18.5. The fourth-order valence-corrected chi connectivity index (χ4v) is 9.61. The second-order valence-electron chi connectivity index (χ2n) is 17.0. The first-order valence-electron chi connectivity index (χ1n) is 22.9. The first-order valence-corrected chi connectivity index (χ1v) is 22.9. The Hall–Kier alpha value is -8.24. The minimum Gasteiger partial charge on any atom is -0.373 e. The highest BCUT2D eigenvalue weighted by Crippen LogP contribution is 2.50. The van der Waals surface area contributed by atoms with Gasteiger partial charge in [-0.2, -0.15) is 0 Å². The summed E-state index contributed by atoms with van der Waals surface area (Å²) in [6, 6.07) is 91.7. The summed E-state index contributed by atoms with van der Waals surface area (Å²) >= 11 is 0. The molecule has 2 heterocycles. The maximum atomic E-state index is 4.12. The summed E-state index contributed by atoms with van der Waals surface area (Å²) in [5.74, 6) is 0. The van der Waals surface area contributed by atoms with E-state index in [1.54, 1.807) is 0 Å². The smallest absolute Gasteiger partial charge is 0.104 e. The summed E-state index contributed by atoms with van der Waals surface area (Å²) in [5, 5.41) is 11.9. The molecule has 0 aromatic heterocycles. The van der Waals surface area contributed by atoms with Crippen LogP contribution in [-0.4, -0.2) is 0 Å². The van der Waals surface area contributed by atoms with Crippen LogP contribution < -0.4 is 16.0 Å². The number of dihydropyridines is 1. The zero-order chi connectivity index (χ0) is 44.1. The summed E-state index contributed by atoms with van der Waals surface area (Å²) in [6.07, 6.45) is 2.23. The largest absolute Gasteiger partial charge is 0.373 e. The van der Waals surface area contributed by atoms with Crippen molar-refractivity contribution < 1.29 is 0 Å². The fourth-order valence-electron chi connectivity index (χ4n) is 9.61. The molecule has 3 N–H and O–H groups in total. The van der Waals surface area contributed by atoms with Gasteiger partial charge in [0.1, 0.15) is 6.17 Å². The molecule has 3 atom stereocenters. The van der Waals surface area contributed by atoms with Crippen LogP contribution in [0.5, 0.6) is 0 Å². The van der Waals surface area contributed by atoms with E-state index in [0.717, 1.165) is 44.8 Å². The molecule has 2 aliphatic heterocycles. The number of benzene rings is 9. The Morgan fingerprint density at radius 3 is 1.35 bits per heavy atom. The van der Waals surface area contributed by atoms with Crippen molar-refractivity contribution in [3.8, 4) is 22.3 Å². The first kappa shape index (κ1) is 40.5. The van der Waals surface area contributed by atoms with Crippen LogP contribution in [0.1, 0.15) is 62.8 Å². The summed E-state index contributed by atoms with van der Waals surface area (Å²) in [7, 11) is 0. The second-order valence-corrected chi connectivity index (χ2v) is 17.0. The van der Waals surface area contributed by atoms with Crippen LogP contribution in [0.25, 0.3) is 50.4 Å². The van der Waals surface area contributed by atoms with E-state index >= 15 is 0 Å². The average Bonchev–Trinajstić information content (AvgIpc) is 3.41. The highest BCUT2D eigenvalue weighted by atomic mass is 15.2. The van der Waals surface area contributed by atoms with Gasteiger partial charge in [0.25, 0.3) is 0 Å². The number of nitrogens with one attached hydrogen (secondary N) is 3. The normalized spacial score (nSPS) is 17.1. The van der Waals surface area contributed by atoms with E-state index in [-0.39, 0.29) is 18.2 Å². The molecule has 9 aromatic carbocycles. The summed E-state index contributed by atoms with van der Waals surface area (Å²) < 4.78 is 0. The minimum atomic E-state index is -0.115. The molecule has 66 heavy (non-hydrogen) atoms. The molecule has 316 valence electrons. The molecule has 3 heteroatoms. The molecule has 0 aliphatic carbocycles. The lowest BCUT2D eigenvalue weighted by molar-refractivity contribution is 0.443. The molecule has 0 bridgehead atoms. The predicted octanol–water partition coefficient (Wildman–Crippen LogP) is 14.8. The topological polar surface area (TPSA) is 36.1 Å². The van der Waals surface area contributed by atoms with Gasteiger partial charge in [-0.05, 0) is 96.1 Å². The van der Waals surface area contributed by atoms with Gasteiger partial charge in [-0.1, -0.05) is 243 Å². The zero-order valence-corrected chi connectivity index (χ0v) is 36.6. The van der Waals surface area contributed by atoms with Crippen molar-refractivity contribution in [2.45, 2.75) is 18.2 Å². The van der Waals surface area contributed by atoms with Gasteiger partial charge in [0, 0.05) is 11.3 Å². The Balaban J connectivity index is 1.04. The molecule has 3 nitrogen and oxygen atoms in total. The van der Waals surface area contributed by atoms with Crippen molar-refractivity contribution >= 4 is 28.1 Å². The van der Waals surface area contributed by atoms with Crippen LogP contribution >= 0.6 is 0 Å². The van der Waals surface area contributed by atoms with Crippen molar-refractivity contribution in [2.24, 2.45) is 0 Å². The molecular formula is C63H49N3. The van der Waals surface area contributed by atoms with Gasteiger partial charge in [0.2, 0.25) is 0 Å². The Kier molecular flexibility index (Phi) is 11.3. The molecule has 11 rings (SSSR count). The van der Waals surface area contributed by atoms with Gasteiger partial charge in [-0.15, -0.1) is 0 Å². The SMILES string of the molecule is C1=C(c2cccc(-c3cccc(C4=C(c5ccccc5)C(c5ccccc5)NC(c5ccccc5)=C4c4ccccc4)c3)c2)NC(c2ccc(-c3ccccc3)cc2)NC1c1ccccc1. The third-order valence-electron chi connectivity index (χ3n) is 12.8. The van der Waals surface area contributed by atoms with Crippen LogP contribution in [0.15, 0.2) is 261 Å². The molecule has 2 aliphatic rings. The van der Waals surface area contributed by atoms with Crippen LogP contribution in [0.2, 0.25) is 0 Å². The van der Waals surface area contributed by atoms with Gasteiger partial charge in [0.05, 0.1) is 17.8 Å².